The molecule has 0 unspecified atom stereocenters. The van der Waals surface area contributed by atoms with Crippen LogP contribution in [0, 0.1) is 17.0 Å². The Labute approximate surface area is 179 Å². The molecule has 10 heteroatoms. The van der Waals surface area contributed by atoms with Crippen molar-refractivity contribution in [2.75, 3.05) is 11.1 Å². The minimum Gasteiger partial charge on any atom is -0.301 e. The van der Waals surface area contributed by atoms with Crippen LogP contribution in [0.15, 0.2) is 58.9 Å². The van der Waals surface area contributed by atoms with Crippen LogP contribution in [-0.2, 0) is 4.79 Å². The van der Waals surface area contributed by atoms with E-state index in [1.807, 2.05) is 31.2 Å². The lowest BCUT2D eigenvalue weighted by Gasteiger charge is -2.06. The number of thioether (sulfide) groups is 1. The highest BCUT2D eigenvalue weighted by molar-refractivity contribution is 8.00. The zero-order chi connectivity index (χ0) is 21.1. The molecule has 2 aromatic heterocycles. The van der Waals surface area contributed by atoms with Crippen LogP contribution in [-0.4, -0.2) is 31.5 Å². The summed E-state index contributed by atoms with van der Waals surface area (Å²) in [6.07, 6.45) is 0. The van der Waals surface area contributed by atoms with Crippen molar-refractivity contribution in [1.29, 1.82) is 0 Å². The summed E-state index contributed by atoms with van der Waals surface area (Å²) in [5, 5.41) is 16.6. The van der Waals surface area contributed by atoms with Crippen molar-refractivity contribution in [2.45, 2.75) is 11.9 Å². The predicted octanol–water partition coefficient (Wildman–Crippen LogP) is 4.70. The van der Waals surface area contributed by atoms with E-state index in [1.165, 1.54) is 35.2 Å². The lowest BCUT2D eigenvalue weighted by Crippen LogP contribution is -2.14. The van der Waals surface area contributed by atoms with Crippen LogP contribution in [0.3, 0.4) is 0 Å². The summed E-state index contributed by atoms with van der Waals surface area (Å²) in [5.41, 5.74) is 3.57. The van der Waals surface area contributed by atoms with Crippen LogP contribution in [0.5, 0.6) is 0 Å². The lowest BCUT2D eigenvalue weighted by atomic mass is 10.1. The van der Waals surface area contributed by atoms with Gasteiger partial charge in [0.15, 0.2) is 5.13 Å². The fourth-order valence-electron chi connectivity index (χ4n) is 2.74. The number of rotatable bonds is 6. The molecule has 4 aromatic rings. The number of nitro benzene ring substituents is 1. The zero-order valence-electron chi connectivity index (χ0n) is 15.7. The van der Waals surface area contributed by atoms with Gasteiger partial charge in [0.25, 0.3) is 5.69 Å². The first-order valence-electron chi connectivity index (χ1n) is 8.86. The molecular formula is C20H15N5O3S2. The molecule has 0 bridgehead atoms. The van der Waals surface area contributed by atoms with E-state index in [-0.39, 0.29) is 17.3 Å². The number of aromatic nitrogens is 3. The van der Waals surface area contributed by atoms with Crippen molar-refractivity contribution < 1.29 is 9.72 Å². The van der Waals surface area contributed by atoms with E-state index in [1.54, 1.807) is 17.5 Å². The first-order valence-corrected chi connectivity index (χ1v) is 10.7. The number of non-ortho nitro benzene ring substituents is 1. The fourth-order valence-corrected chi connectivity index (χ4v) is 4.23. The molecule has 150 valence electrons. The predicted molar refractivity (Wildman–Crippen MR) is 118 cm³/mol. The molecule has 0 radical (unpaired) electrons. The average Bonchev–Trinajstić information content (AvgIpc) is 3.20. The third kappa shape index (κ3) is 4.44. The molecule has 0 spiro atoms. The average molecular weight is 438 g/mol. The van der Waals surface area contributed by atoms with E-state index in [4.69, 9.17) is 0 Å². The molecule has 0 aliphatic heterocycles. The number of carbonyl (C=O) groups excluding carboxylic acids is 1. The van der Waals surface area contributed by atoms with Gasteiger partial charge in [0, 0.05) is 23.1 Å². The van der Waals surface area contributed by atoms with Crippen molar-refractivity contribution in [3.63, 3.8) is 0 Å². The number of amides is 1. The van der Waals surface area contributed by atoms with E-state index >= 15 is 0 Å². The minimum absolute atomic E-state index is 0.00523. The van der Waals surface area contributed by atoms with Gasteiger partial charge in [-0.1, -0.05) is 36.0 Å². The highest BCUT2D eigenvalue weighted by Crippen LogP contribution is 2.28. The summed E-state index contributed by atoms with van der Waals surface area (Å²) in [6, 6.07) is 13.8. The van der Waals surface area contributed by atoms with Gasteiger partial charge >= 0.3 is 0 Å². The molecule has 0 saturated carbocycles. The SMILES string of the molecule is Cc1nc2ccccc2nc1SCC(=O)Nc1nc(-c2cccc([N+](=O)[O-])c2)cs1. The van der Waals surface area contributed by atoms with Gasteiger partial charge in [0.1, 0.15) is 5.03 Å². The van der Waals surface area contributed by atoms with Gasteiger partial charge < -0.3 is 5.32 Å². The molecule has 0 fully saturated rings. The second kappa shape index (κ2) is 8.56. The molecule has 8 nitrogen and oxygen atoms in total. The normalized spacial score (nSPS) is 10.8. The molecular weight excluding hydrogens is 422 g/mol. The highest BCUT2D eigenvalue weighted by atomic mass is 32.2. The van der Waals surface area contributed by atoms with E-state index in [0.29, 0.717) is 21.4 Å². The number of anilines is 1. The van der Waals surface area contributed by atoms with Crippen LogP contribution in [0.4, 0.5) is 10.8 Å². The molecule has 30 heavy (non-hydrogen) atoms. The molecule has 2 heterocycles. The standard InChI is InChI=1S/C20H15N5O3S2/c1-12-19(22-16-8-3-2-7-15(16)21-12)29-11-18(26)24-20-23-17(10-30-20)13-5-4-6-14(9-13)25(27)28/h2-10H,11H2,1H3,(H,23,24,26). The van der Waals surface area contributed by atoms with Gasteiger partial charge in [-0.2, -0.15) is 0 Å². The van der Waals surface area contributed by atoms with Crippen LogP contribution in [0.25, 0.3) is 22.3 Å². The number of hydrogen-bond donors (Lipinski definition) is 1. The van der Waals surface area contributed by atoms with Crippen molar-refractivity contribution in [3.8, 4) is 11.3 Å². The summed E-state index contributed by atoms with van der Waals surface area (Å²) < 4.78 is 0. The fraction of sp³-hybridized carbons (Fsp3) is 0.100. The van der Waals surface area contributed by atoms with Crippen molar-refractivity contribution in [1.82, 2.24) is 15.0 Å². The Balaban J connectivity index is 1.41. The summed E-state index contributed by atoms with van der Waals surface area (Å²) in [7, 11) is 0. The van der Waals surface area contributed by atoms with Gasteiger partial charge in [0.05, 0.1) is 33.1 Å². The summed E-state index contributed by atoms with van der Waals surface area (Å²) in [6.45, 7) is 1.87. The number of benzene rings is 2. The maximum absolute atomic E-state index is 12.3. The molecule has 0 atom stereocenters. The Hall–Kier alpha value is -3.37. The Morgan fingerprint density at radius 2 is 1.90 bits per heavy atom. The third-order valence-electron chi connectivity index (χ3n) is 4.14. The van der Waals surface area contributed by atoms with Crippen LogP contribution in [0.2, 0.25) is 0 Å². The molecule has 1 amide bonds. The molecule has 0 aliphatic rings. The van der Waals surface area contributed by atoms with E-state index in [2.05, 4.69) is 20.3 Å². The maximum atomic E-state index is 12.3. The second-order valence-electron chi connectivity index (χ2n) is 6.29. The molecule has 2 aromatic carbocycles. The zero-order valence-corrected chi connectivity index (χ0v) is 17.4. The van der Waals surface area contributed by atoms with Crippen LogP contribution in [0.1, 0.15) is 5.69 Å². The van der Waals surface area contributed by atoms with Crippen molar-refractivity contribution in [2.24, 2.45) is 0 Å². The van der Waals surface area contributed by atoms with Crippen molar-refractivity contribution >= 4 is 50.9 Å². The number of thiazole rings is 1. The van der Waals surface area contributed by atoms with Gasteiger partial charge in [-0.3, -0.25) is 14.9 Å². The van der Waals surface area contributed by atoms with Crippen LogP contribution < -0.4 is 5.32 Å². The molecule has 0 saturated heterocycles. The van der Waals surface area contributed by atoms with Gasteiger partial charge in [-0.25, -0.2) is 15.0 Å². The first-order chi connectivity index (χ1) is 14.5. The number of nitrogens with one attached hydrogen (secondary N) is 1. The summed E-state index contributed by atoms with van der Waals surface area (Å²) in [5.74, 6) is -0.0474. The summed E-state index contributed by atoms with van der Waals surface area (Å²) in [4.78, 5) is 36.3. The highest BCUT2D eigenvalue weighted by Gasteiger charge is 2.13. The number of nitro groups is 1. The quantitative estimate of drug-likeness (QED) is 0.264. The number of nitrogens with zero attached hydrogens (tertiary/aromatic N) is 4. The molecule has 1 N–H and O–H groups in total. The first kappa shape index (κ1) is 19.9. The number of hydrogen-bond acceptors (Lipinski definition) is 8. The smallest absolute Gasteiger partial charge is 0.270 e. The minimum atomic E-state index is -0.451. The number of para-hydroxylation sites is 2. The maximum Gasteiger partial charge on any atom is 0.270 e. The van der Waals surface area contributed by atoms with Crippen LogP contribution >= 0.6 is 23.1 Å². The second-order valence-corrected chi connectivity index (χ2v) is 8.11. The number of fused-ring (bicyclic) bond motifs is 1. The van der Waals surface area contributed by atoms with E-state index < -0.39 is 4.92 Å². The van der Waals surface area contributed by atoms with Crippen molar-refractivity contribution in [3.05, 3.63) is 69.7 Å². The Morgan fingerprint density at radius 3 is 2.67 bits per heavy atom. The monoisotopic (exact) mass is 437 g/mol. The topological polar surface area (TPSA) is 111 Å². The Bertz CT molecular complexity index is 1260. The largest absolute Gasteiger partial charge is 0.301 e. The molecule has 0 aliphatic carbocycles. The number of carbonyl (C=O) groups is 1. The van der Waals surface area contributed by atoms with E-state index in [9.17, 15) is 14.9 Å². The van der Waals surface area contributed by atoms with Gasteiger partial charge in [-0.05, 0) is 19.1 Å². The third-order valence-corrected chi connectivity index (χ3v) is 5.97. The van der Waals surface area contributed by atoms with Gasteiger partial charge in [-0.15, -0.1) is 11.3 Å². The van der Waals surface area contributed by atoms with Gasteiger partial charge in [0.2, 0.25) is 5.91 Å². The lowest BCUT2D eigenvalue weighted by molar-refractivity contribution is -0.384. The summed E-state index contributed by atoms with van der Waals surface area (Å²) >= 11 is 2.58. The Kier molecular flexibility index (Phi) is 5.68. The van der Waals surface area contributed by atoms with E-state index in [0.717, 1.165) is 16.7 Å². The number of aryl methyl sites for hydroxylation is 1. The molecule has 4 rings (SSSR count). The Morgan fingerprint density at radius 1 is 1.13 bits per heavy atom.